The molecule has 2 heterocycles. The number of nitriles is 1. The minimum atomic E-state index is -0.137. The molecule has 1 fully saturated rings. The Morgan fingerprint density at radius 3 is 2.59 bits per heavy atom. The summed E-state index contributed by atoms with van der Waals surface area (Å²) in [6, 6.07) is 20.8. The van der Waals surface area contributed by atoms with E-state index in [-0.39, 0.29) is 11.8 Å². The Hall–Kier alpha value is -2.55. The summed E-state index contributed by atoms with van der Waals surface area (Å²) in [5, 5.41) is 10.7. The van der Waals surface area contributed by atoms with E-state index >= 15 is 0 Å². The van der Waals surface area contributed by atoms with Crippen LogP contribution < -0.4 is 0 Å². The molecule has 2 aromatic carbocycles. The second kappa shape index (κ2) is 7.59. The lowest BCUT2D eigenvalue weighted by molar-refractivity contribution is -0.131. The molecule has 0 saturated carbocycles. The third kappa shape index (κ3) is 3.64. The van der Waals surface area contributed by atoms with Crippen molar-refractivity contribution in [2.45, 2.75) is 25.8 Å². The molecule has 0 N–H and O–H groups in total. The summed E-state index contributed by atoms with van der Waals surface area (Å²) in [5.74, 6) is 0.738. The second-order valence-corrected chi connectivity index (χ2v) is 7.98. The van der Waals surface area contributed by atoms with Gasteiger partial charge in [0.25, 0.3) is 0 Å². The first-order valence-corrected chi connectivity index (χ1v) is 10.0. The van der Waals surface area contributed by atoms with E-state index in [9.17, 15) is 10.1 Å². The van der Waals surface area contributed by atoms with Crippen LogP contribution in [0.3, 0.4) is 0 Å². The second-order valence-electron chi connectivity index (χ2n) is 7.05. The van der Waals surface area contributed by atoms with Crippen LogP contribution in [0.15, 0.2) is 65.2 Å². The van der Waals surface area contributed by atoms with Crippen molar-refractivity contribution in [2.75, 3.05) is 12.5 Å². The van der Waals surface area contributed by atoms with Gasteiger partial charge in [0.2, 0.25) is 5.91 Å². The first-order valence-electron chi connectivity index (χ1n) is 9.06. The van der Waals surface area contributed by atoms with Crippen LogP contribution in [0.4, 0.5) is 0 Å². The third-order valence-electron chi connectivity index (χ3n) is 5.08. The molecule has 1 atom stereocenters. The molecule has 2 aliphatic heterocycles. The number of nitrogens with zero attached hydrogens (tertiary/aromatic N) is 3. The minimum absolute atomic E-state index is 0.0971. The molecule has 1 amide bonds. The van der Waals surface area contributed by atoms with Gasteiger partial charge in [0.15, 0.2) is 0 Å². The summed E-state index contributed by atoms with van der Waals surface area (Å²) in [7, 11) is 0. The molecule has 1 saturated heterocycles. The number of benzene rings is 2. The van der Waals surface area contributed by atoms with Gasteiger partial charge in [0.05, 0.1) is 29.2 Å². The van der Waals surface area contributed by atoms with Gasteiger partial charge in [-0.2, -0.15) is 5.26 Å². The monoisotopic (exact) mass is 375 g/mol. The largest absolute Gasteiger partial charge is 0.292 e. The number of hydrogen-bond donors (Lipinski definition) is 0. The smallest absolute Gasteiger partial charge is 0.229 e. The zero-order valence-corrected chi connectivity index (χ0v) is 16.1. The van der Waals surface area contributed by atoms with Gasteiger partial charge in [0, 0.05) is 18.9 Å². The summed E-state index contributed by atoms with van der Waals surface area (Å²) in [5.41, 5.74) is 4.18. The zero-order valence-electron chi connectivity index (χ0n) is 15.3. The summed E-state index contributed by atoms with van der Waals surface area (Å²) in [4.78, 5) is 16.9. The number of hydrogen-bond acceptors (Lipinski definition) is 4. The number of aryl methyl sites for hydroxylation is 1. The van der Waals surface area contributed by atoms with E-state index in [1.54, 1.807) is 16.7 Å². The molecule has 2 aromatic rings. The first kappa shape index (κ1) is 17.8. The highest BCUT2D eigenvalue weighted by Crippen LogP contribution is 2.42. The average Bonchev–Trinajstić information content (AvgIpc) is 2.69. The van der Waals surface area contributed by atoms with E-state index in [1.165, 1.54) is 11.1 Å². The van der Waals surface area contributed by atoms with E-state index in [4.69, 9.17) is 0 Å². The summed E-state index contributed by atoms with van der Waals surface area (Å²) in [6.07, 6.45) is 0.356. The maximum Gasteiger partial charge on any atom is 0.229 e. The number of carbonyl (C=O) groups excluding carboxylic acids is 1. The van der Waals surface area contributed by atoms with Crippen molar-refractivity contribution in [1.29, 1.82) is 5.26 Å². The number of thioether (sulfide) groups is 1. The Bertz CT molecular complexity index is 915. The molecular weight excluding hydrogens is 354 g/mol. The van der Waals surface area contributed by atoms with Gasteiger partial charge in [-0.1, -0.05) is 71.9 Å². The lowest BCUT2D eigenvalue weighted by Crippen LogP contribution is -2.46. The molecule has 4 rings (SSSR count). The number of allylic oxidation sites excluding steroid dienone is 1. The fourth-order valence-corrected chi connectivity index (χ4v) is 4.77. The zero-order chi connectivity index (χ0) is 18.8. The van der Waals surface area contributed by atoms with Crippen LogP contribution in [0.2, 0.25) is 0 Å². The van der Waals surface area contributed by atoms with E-state index < -0.39 is 0 Å². The quantitative estimate of drug-likeness (QED) is 0.806. The van der Waals surface area contributed by atoms with Gasteiger partial charge in [0.1, 0.15) is 0 Å². The number of carbonyl (C=O) groups is 1. The Labute approximate surface area is 164 Å². The van der Waals surface area contributed by atoms with Crippen molar-refractivity contribution in [3.63, 3.8) is 0 Å². The van der Waals surface area contributed by atoms with Crippen LogP contribution in [0, 0.1) is 18.3 Å². The van der Waals surface area contributed by atoms with Gasteiger partial charge < -0.3 is 0 Å². The molecule has 5 heteroatoms. The van der Waals surface area contributed by atoms with Gasteiger partial charge >= 0.3 is 0 Å². The molecule has 4 nitrogen and oxygen atoms in total. The fourth-order valence-electron chi connectivity index (χ4n) is 3.63. The van der Waals surface area contributed by atoms with Crippen molar-refractivity contribution in [3.8, 4) is 6.07 Å². The normalized spacial score (nSPS) is 20.4. The summed E-state index contributed by atoms with van der Waals surface area (Å²) < 4.78 is 0. The van der Waals surface area contributed by atoms with E-state index in [1.807, 2.05) is 49.4 Å². The molecule has 2 aliphatic rings. The van der Waals surface area contributed by atoms with Crippen molar-refractivity contribution >= 4 is 17.7 Å². The summed E-state index contributed by atoms with van der Waals surface area (Å²) >= 11 is 1.60. The molecule has 0 radical (unpaired) electrons. The molecule has 27 heavy (non-hydrogen) atoms. The topological polar surface area (TPSA) is 47.3 Å². The predicted octanol–water partition coefficient (Wildman–Crippen LogP) is 4.21. The van der Waals surface area contributed by atoms with Gasteiger partial charge in [-0.05, 0) is 18.1 Å². The van der Waals surface area contributed by atoms with E-state index in [0.29, 0.717) is 13.1 Å². The van der Waals surface area contributed by atoms with Crippen molar-refractivity contribution in [2.24, 2.45) is 0 Å². The highest BCUT2D eigenvalue weighted by atomic mass is 32.2. The lowest BCUT2D eigenvalue weighted by atomic mass is 9.86. The Morgan fingerprint density at radius 2 is 1.89 bits per heavy atom. The van der Waals surface area contributed by atoms with Crippen molar-refractivity contribution in [3.05, 3.63) is 81.9 Å². The maximum absolute atomic E-state index is 12.9. The van der Waals surface area contributed by atoms with Crippen LogP contribution in [-0.4, -0.2) is 28.3 Å². The average molecular weight is 375 g/mol. The third-order valence-corrected chi connectivity index (χ3v) is 6.29. The Kier molecular flexibility index (Phi) is 5.02. The molecule has 0 unspecified atom stereocenters. The highest BCUT2D eigenvalue weighted by Gasteiger charge is 2.38. The standard InChI is InChI=1S/C22H21N3OS/c1-16-7-9-18(10-8-16)19-11-21(26)25-14-24(13-17-5-3-2-4-6-17)15-27-22(25)20(19)12-23/h2-10,19H,11,13-15H2,1H3/t19-/m1/s1. The first-order chi connectivity index (χ1) is 13.2. The molecule has 136 valence electrons. The SMILES string of the molecule is Cc1ccc([C@H]2CC(=O)N3CN(Cc4ccccc4)CSC3=C2C#N)cc1. The number of rotatable bonds is 3. The number of fused-ring (bicyclic) bond motifs is 1. The van der Waals surface area contributed by atoms with Crippen LogP contribution in [0.1, 0.15) is 29.0 Å². The summed E-state index contributed by atoms with van der Waals surface area (Å²) in [6.45, 7) is 3.38. The van der Waals surface area contributed by atoms with Gasteiger partial charge in [-0.3, -0.25) is 14.6 Å². The number of amides is 1. The van der Waals surface area contributed by atoms with Crippen molar-refractivity contribution < 1.29 is 4.79 Å². The Balaban J connectivity index is 1.59. The molecule has 0 aliphatic carbocycles. The Morgan fingerprint density at radius 1 is 1.15 bits per heavy atom. The highest BCUT2D eigenvalue weighted by molar-refractivity contribution is 8.03. The van der Waals surface area contributed by atoms with E-state index in [2.05, 4.69) is 23.1 Å². The fraction of sp³-hybridized carbons (Fsp3) is 0.273. The minimum Gasteiger partial charge on any atom is -0.292 e. The van der Waals surface area contributed by atoms with Crippen LogP contribution in [0.25, 0.3) is 0 Å². The molecule has 0 spiro atoms. The molecule has 0 bridgehead atoms. The van der Waals surface area contributed by atoms with Crippen LogP contribution in [-0.2, 0) is 11.3 Å². The van der Waals surface area contributed by atoms with Gasteiger partial charge in [-0.25, -0.2) is 0 Å². The van der Waals surface area contributed by atoms with E-state index in [0.717, 1.165) is 28.6 Å². The maximum atomic E-state index is 12.9. The van der Waals surface area contributed by atoms with Gasteiger partial charge in [-0.15, -0.1) is 0 Å². The molecule has 0 aromatic heterocycles. The van der Waals surface area contributed by atoms with Crippen molar-refractivity contribution in [1.82, 2.24) is 9.80 Å². The van der Waals surface area contributed by atoms with Crippen LogP contribution in [0.5, 0.6) is 0 Å². The predicted molar refractivity (Wildman–Crippen MR) is 107 cm³/mol. The molecular formula is C22H21N3OS. The van der Waals surface area contributed by atoms with Crippen LogP contribution >= 0.6 is 11.8 Å². The lowest BCUT2D eigenvalue weighted by Gasteiger charge is -2.41.